The Balaban J connectivity index is 1.37. The van der Waals surface area contributed by atoms with Crippen LogP contribution in [0.2, 0.25) is 0 Å². The van der Waals surface area contributed by atoms with Crippen molar-refractivity contribution in [2.75, 3.05) is 5.32 Å². The molecule has 0 atom stereocenters. The maximum Gasteiger partial charge on any atom is 0.267 e. The maximum atomic E-state index is 13.0. The molecule has 0 unspecified atom stereocenters. The Kier molecular flexibility index (Phi) is 5.38. The fourth-order valence-electron chi connectivity index (χ4n) is 3.67. The third-order valence-electron chi connectivity index (χ3n) is 5.54. The predicted octanol–water partition coefficient (Wildman–Crippen LogP) is 7.07. The van der Waals surface area contributed by atoms with Crippen LogP contribution in [0.1, 0.15) is 41.7 Å². The third-order valence-corrected chi connectivity index (χ3v) is 7.41. The van der Waals surface area contributed by atoms with Gasteiger partial charge >= 0.3 is 0 Å². The zero-order valence-corrected chi connectivity index (χ0v) is 20.6. The average molecular weight is 473 g/mol. The summed E-state index contributed by atoms with van der Waals surface area (Å²) in [5.74, 6) is -0.154. The van der Waals surface area contributed by atoms with Gasteiger partial charge in [0.1, 0.15) is 4.83 Å². The number of hydrogen-bond donors (Lipinski definition) is 1. The number of fused-ring (bicyclic) bond motifs is 1. The first-order chi connectivity index (χ1) is 15.8. The second-order valence-corrected chi connectivity index (χ2v) is 10.9. The Morgan fingerprint density at radius 3 is 2.45 bits per heavy atom. The van der Waals surface area contributed by atoms with E-state index in [0.29, 0.717) is 10.0 Å². The largest absolute Gasteiger partial charge is 0.297 e. The van der Waals surface area contributed by atoms with Gasteiger partial charge in [-0.2, -0.15) is 5.10 Å². The number of hydrogen-bond acceptors (Lipinski definition) is 5. The molecule has 3 aromatic heterocycles. The van der Waals surface area contributed by atoms with Crippen molar-refractivity contribution in [1.82, 2.24) is 14.8 Å². The molecule has 0 saturated carbocycles. The van der Waals surface area contributed by atoms with Crippen molar-refractivity contribution in [3.63, 3.8) is 0 Å². The van der Waals surface area contributed by atoms with Crippen molar-refractivity contribution in [1.29, 1.82) is 0 Å². The second-order valence-electron chi connectivity index (χ2n) is 8.98. The summed E-state index contributed by atoms with van der Waals surface area (Å²) in [5, 5.41) is 11.2. The molecule has 5 nitrogen and oxygen atoms in total. The summed E-state index contributed by atoms with van der Waals surface area (Å²) < 4.78 is 1.90. The molecule has 5 rings (SSSR count). The van der Waals surface area contributed by atoms with Crippen LogP contribution in [0.3, 0.4) is 0 Å². The van der Waals surface area contributed by atoms with E-state index in [2.05, 4.69) is 60.4 Å². The number of carbonyl (C=O) groups excluding carboxylic acids is 1. The number of carbonyl (C=O) groups is 1. The molecule has 2 aromatic carbocycles. The lowest BCUT2D eigenvalue weighted by Gasteiger charge is -2.18. The van der Waals surface area contributed by atoms with E-state index in [0.717, 1.165) is 32.9 Å². The Hall–Kier alpha value is -3.29. The van der Waals surface area contributed by atoms with Crippen LogP contribution in [0.15, 0.2) is 66.0 Å². The van der Waals surface area contributed by atoms with Gasteiger partial charge in [-0.25, -0.2) is 9.67 Å². The Labute approximate surface area is 200 Å². The Morgan fingerprint density at radius 2 is 1.76 bits per heavy atom. The number of aryl methyl sites for hydroxylation is 1. The van der Waals surface area contributed by atoms with Crippen molar-refractivity contribution in [3.05, 3.63) is 82.2 Å². The van der Waals surface area contributed by atoms with Crippen molar-refractivity contribution < 1.29 is 4.79 Å². The highest BCUT2D eigenvalue weighted by Crippen LogP contribution is 2.32. The van der Waals surface area contributed by atoms with Gasteiger partial charge in [-0.15, -0.1) is 22.7 Å². The van der Waals surface area contributed by atoms with E-state index in [9.17, 15) is 4.79 Å². The molecule has 3 heterocycles. The van der Waals surface area contributed by atoms with Crippen molar-refractivity contribution in [2.45, 2.75) is 33.1 Å². The number of rotatable bonds is 4. The summed E-state index contributed by atoms with van der Waals surface area (Å²) >= 11 is 2.87. The normalized spacial score (nSPS) is 11.8. The van der Waals surface area contributed by atoms with E-state index in [4.69, 9.17) is 0 Å². The monoisotopic (exact) mass is 472 g/mol. The molecule has 33 heavy (non-hydrogen) atoms. The van der Waals surface area contributed by atoms with Gasteiger partial charge < -0.3 is 0 Å². The third kappa shape index (κ3) is 4.21. The van der Waals surface area contributed by atoms with Crippen LogP contribution in [0, 0.1) is 6.92 Å². The molecule has 0 saturated heterocycles. The average Bonchev–Trinajstić information content (AvgIpc) is 3.51. The molecule has 0 aliphatic rings. The molecule has 5 aromatic rings. The summed E-state index contributed by atoms with van der Waals surface area (Å²) in [5.41, 5.74) is 5.18. The van der Waals surface area contributed by atoms with Crippen LogP contribution in [0.25, 0.3) is 27.2 Å². The lowest BCUT2D eigenvalue weighted by Crippen LogP contribution is -2.10. The van der Waals surface area contributed by atoms with E-state index < -0.39 is 0 Å². The van der Waals surface area contributed by atoms with Crippen LogP contribution in [-0.2, 0) is 5.41 Å². The zero-order chi connectivity index (χ0) is 23.2. The first-order valence-corrected chi connectivity index (χ1v) is 12.4. The number of nitrogens with zero attached hydrogens (tertiary/aromatic N) is 3. The summed E-state index contributed by atoms with van der Waals surface area (Å²) in [6, 6.07) is 20.3. The highest BCUT2D eigenvalue weighted by atomic mass is 32.1. The van der Waals surface area contributed by atoms with E-state index in [1.165, 1.54) is 28.2 Å². The maximum absolute atomic E-state index is 13.0. The SMILES string of the molecule is Cc1nn(-c2ccccc2)c2sc(C(=O)Nc3nc(-c4ccc(C(C)(C)C)cc4)cs3)cc12. The van der Waals surface area contributed by atoms with Gasteiger partial charge in [0.15, 0.2) is 5.13 Å². The fraction of sp³-hybridized carbons (Fsp3) is 0.192. The van der Waals surface area contributed by atoms with Crippen LogP contribution in [-0.4, -0.2) is 20.7 Å². The molecular formula is C26H24N4OS2. The number of thiazole rings is 1. The smallest absolute Gasteiger partial charge is 0.267 e. The van der Waals surface area contributed by atoms with Gasteiger partial charge in [-0.3, -0.25) is 10.1 Å². The lowest BCUT2D eigenvalue weighted by molar-refractivity contribution is 0.103. The summed E-state index contributed by atoms with van der Waals surface area (Å²) in [7, 11) is 0. The Morgan fingerprint density at radius 1 is 1.03 bits per heavy atom. The molecule has 0 aliphatic heterocycles. The minimum Gasteiger partial charge on any atom is -0.297 e. The van der Waals surface area contributed by atoms with E-state index in [1.54, 1.807) is 0 Å². The van der Waals surface area contributed by atoms with Crippen molar-refractivity contribution in [2.24, 2.45) is 0 Å². The number of benzene rings is 2. The first-order valence-electron chi connectivity index (χ1n) is 10.7. The van der Waals surface area contributed by atoms with Gasteiger partial charge in [-0.05, 0) is 36.1 Å². The highest BCUT2D eigenvalue weighted by molar-refractivity contribution is 7.20. The molecule has 0 fully saturated rings. The van der Waals surface area contributed by atoms with E-state index in [1.807, 2.05) is 53.4 Å². The molecule has 0 spiro atoms. The van der Waals surface area contributed by atoms with Gasteiger partial charge in [0.2, 0.25) is 0 Å². The minimum atomic E-state index is -0.154. The summed E-state index contributed by atoms with van der Waals surface area (Å²) in [4.78, 5) is 19.2. The quantitative estimate of drug-likeness (QED) is 0.304. The summed E-state index contributed by atoms with van der Waals surface area (Å²) in [6.45, 7) is 8.57. The molecular weight excluding hydrogens is 448 g/mol. The molecule has 1 amide bonds. The second kappa shape index (κ2) is 8.24. The van der Waals surface area contributed by atoms with Crippen LogP contribution >= 0.6 is 22.7 Å². The van der Waals surface area contributed by atoms with Crippen LogP contribution in [0.5, 0.6) is 0 Å². The lowest BCUT2D eigenvalue weighted by atomic mass is 9.86. The molecule has 0 aliphatic carbocycles. The number of amides is 1. The number of anilines is 1. The van der Waals surface area contributed by atoms with E-state index >= 15 is 0 Å². The Bertz CT molecular complexity index is 1440. The van der Waals surface area contributed by atoms with E-state index in [-0.39, 0.29) is 11.3 Å². The predicted molar refractivity (Wildman–Crippen MR) is 138 cm³/mol. The first kappa shape index (κ1) is 21.6. The van der Waals surface area contributed by atoms with Gasteiger partial charge in [0.25, 0.3) is 5.91 Å². The standard InChI is InChI=1S/C26H24N4OS2/c1-16-20-14-22(33-24(20)30(29-16)19-8-6-5-7-9-19)23(31)28-25-27-21(15-32-25)17-10-12-18(13-11-17)26(2,3)4/h5-15H,1-4H3,(H,27,28,31). The number of nitrogens with one attached hydrogen (secondary N) is 1. The fourth-order valence-corrected chi connectivity index (χ4v) is 5.46. The van der Waals surface area contributed by atoms with Crippen LogP contribution < -0.4 is 5.32 Å². The zero-order valence-electron chi connectivity index (χ0n) is 18.9. The number of para-hydroxylation sites is 1. The van der Waals surface area contributed by atoms with Crippen LogP contribution in [0.4, 0.5) is 5.13 Å². The molecule has 0 radical (unpaired) electrons. The topological polar surface area (TPSA) is 59.8 Å². The van der Waals surface area contributed by atoms with Crippen molar-refractivity contribution in [3.8, 4) is 16.9 Å². The summed E-state index contributed by atoms with van der Waals surface area (Å²) in [6.07, 6.45) is 0. The van der Waals surface area contributed by atoms with Gasteiger partial charge in [-0.1, -0.05) is 63.2 Å². The van der Waals surface area contributed by atoms with Crippen molar-refractivity contribution >= 4 is 43.9 Å². The van der Waals surface area contributed by atoms with Gasteiger partial charge in [0.05, 0.1) is 22.0 Å². The number of aromatic nitrogens is 3. The van der Waals surface area contributed by atoms with Gasteiger partial charge in [0, 0.05) is 16.3 Å². The highest BCUT2D eigenvalue weighted by Gasteiger charge is 2.19. The molecule has 0 bridgehead atoms. The molecule has 1 N–H and O–H groups in total. The number of thiophene rings is 1. The molecule has 7 heteroatoms. The minimum absolute atomic E-state index is 0.111. The molecule has 166 valence electrons.